The van der Waals surface area contributed by atoms with Crippen LogP contribution in [0.3, 0.4) is 0 Å². The lowest BCUT2D eigenvalue weighted by atomic mass is 9.97. The lowest BCUT2D eigenvalue weighted by Gasteiger charge is -2.15. The van der Waals surface area contributed by atoms with Gasteiger partial charge in [-0.15, -0.1) is 0 Å². The first kappa shape index (κ1) is 29.9. The summed E-state index contributed by atoms with van der Waals surface area (Å²) in [6, 6.07) is 13.4. The maximum atomic E-state index is 12.0. The summed E-state index contributed by atoms with van der Waals surface area (Å²) in [6.45, 7) is 2.40. The Hall–Kier alpha value is -3.65. The maximum Gasteiger partial charge on any atom is 0.303 e. The number of hydrogen-bond donors (Lipinski definition) is 2. The Morgan fingerprint density at radius 1 is 0.795 bits per heavy atom. The van der Waals surface area contributed by atoms with E-state index in [2.05, 4.69) is 5.38 Å². The van der Waals surface area contributed by atoms with Crippen molar-refractivity contribution in [2.75, 3.05) is 13.2 Å². The van der Waals surface area contributed by atoms with Gasteiger partial charge in [0.05, 0.1) is 13.2 Å². The summed E-state index contributed by atoms with van der Waals surface area (Å²) >= 11 is 1.61. The average molecular weight is 553 g/mol. The summed E-state index contributed by atoms with van der Waals surface area (Å²) in [5, 5.41) is 22.1. The SMILES string of the molecule is CC(=O)c1cc(OCCCCCCc2cccc(OCCCC(=O)O)c2CCC(=O)O)cc(-c2ccsc2)c1. The Bertz CT molecular complexity index is 1230. The Morgan fingerprint density at radius 2 is 1.56 bits per heavy atom. The van der Waals surface area contributed by atoms with Crippen LogP contribution in [0.1, 0.15) is 73.4 Å². The third kappa shape index (κ3) is 10.2. The number of aryl methyl sites for hydroxylation is 1. The number of hydrogen-bond acceptors (Lipinski definition) is 6. The van der Waals surface area contributed by atoms with E-state index in [1.165, 1.54) is 0 Å². The molecule has 0 unspecified atom stereocenters. The highest BCUT2D eigenvalue weighted by Crippen LogP contribution is 2.29. The molecule has 7 nitrogen and oxygen atoms in total. The molecule has 1 heterocycles. The molecule has 0 amide bonds. The smallest absolute Gasteiger partial charge is 0.303 e. The molecule has 39 heavy (non-hydrogen) atoms. The number of benzene rings is 2. The van der Waals surface area contributed by atoms with E-state index in [-0.39, 0.29) is 25.2 Å². The first-order valence-electron chi connectivity index (χ1n) is 13.3. The molecule has 208 valence electrons. The van der Waals surface area contributed by atoms with Crippen LogP contribution in [0.25, 0.3) is 11.1 Å². The minimum atomic E-state index is -0.864. The van der Waals surface area contributed by atoms with Crippen molar-refractivity contribution in [1.29, 1.82) is 0 Å². The van der Waals surface area contributed by atoms with Crippen LogP contribution in [0.15, 0.2) is 53.2 Å². The molecule has 0 bridgehead atoms. The standard InChI is InChI=1S/C31H36O7S/c1-22(32)25-18-26(24-14-17-39-21-24)20-27(19-25)37-15-5-3-2-4-8-23-9-6-10-29(28(23)12-13-31(35)36)38-16-7-11-30(33)34/h6,9-10,14,17-21H,2-5,7-8,11-13,15-16H2,1H3,(H,33,34)(H,35,36). The molecule has 0 aliphatic heterocycles. The molecular weight excluding hydrogens is 516 g/mol. The number of rotatable bonds is 18. The zero-order valence-corrected chi connectivity index (χ0v) is 23.1. The van der Waals surface area contributed by atoms with E-state index >= 15 is 0 Å². The highest BCUT2D eigenvalue weighted by atomic mass is 32.1. The van der Waals surface area contributed by atoms with E-state index in [9.17, 15) is 19.5 Å². The number of ether oxygens (including phenoxy) is 2. The Morgan fingerprint density at radius 3 is 2.28 bits per heavy atom. The van der Waals surface area contributed by atoms with Crippen molar-refractivity contribution in [3.63, 3.8) is 0 Å². The van der Waals surface area contributed by atoms with Gasteiger partial charge in [0.1, 0.15) is 11.5 Å². The molecule has 0 aliphatic carbocycles. The molecule has 8 heteroatoms. The van der Waals surface area contributed by atoms with Crippen molar-refractivity contribution in [3.05, 3.63) is 69.9 Å². The molecule has 3 aromatic rings. The number of carbonyl (C=O) groups is 3. The Balaban J connectivity index is 1.48. The van der Waals surface area contributed by atoms with Crippen molar-refractivity contribution in [3.8, 4) is 22.6 Å². The van der Waals surface area contributed by atoms with Crippen molar-refractivity contribution in [2.45, 2.75) is 64.7 Å². The van der Waals surface area contributed by atoms with Crippen LogP contribution in [-0.4, -0.2) is 41.1 Å². The number of aliphatic carboxylic acids is 2. The van der Waals surface area contributed by atoms with Gasteiger partial charge in [-0.2, -0.15) is 11.3 Å². The lowest BCUT2D eigenvalue weighted by molar-refractivity contribution is -0.138. The fraction of sp³-hybridized carbons (Fsp3) is 0.387. The summed E-state index contributed by atoms with van der Waals surface area (Å²) in [4.78, 5) is 33.9. The van der Waals surface area contributed by atoms with E-state index in [0.717, 1.165) is 54.4 Å². The number of thiophene rings is 1. The molecule has 0 spiro atoms. The minimum absolute atomic E-state index is 0.00869. The van der Waals surface area contributed by atoms with Crippen molar-refractivity contribution >= 4 is 29.1 Å². The van der Waals surface area contributed by atoms with E-state index in [4.69, 9.17) is 14.6 Å². The molecule has 0 fully saturated rings. The van der Waals surface area contributed by atoms with Gasteiger partial charge >= 0.3 is 11.9 Å². The van der Waals surface area contributed by atoms with Gasteiger partial charge in [-0.1, -0.05) is 25.0 Å². The summed E-state index contributed by atoms with van der Waals surface area (Å²) in [7, 11) is 0. The van der Waals surface area contributed by atoms with Crippen LogP contribution in [-0.2, 0) is 22.4 Å². The summed E-state index contributed by atoms with van der Waals surface area (Å²) in [6.07, 6.45) is 5.45. The normalized spacial score (nSPS) is 10.8. The van der Waals surface area contributed by atoms with E-state index < -0.39 is 11.9 Å². The molecule has 2 N–H and O–H groups in total. The van der Waals surface area contributed by atoms with Crippen LogP contribution in [0.4, 0.5) is 0 Å². The number of ketones is 1. The van der Waals surface area contributed by atoms with Gasteiger partial charge in [0.25, 0.3) is 0 Å². The first-order chi connectivity index (χ1) is 18.8. The third-order valence-corrected chi connectivity index (χ3v) is 7.07. The van der Waals surface area contributed by atoms with Crippen molar-refractivity contribution in [1.82, 2.24) is 0 Å². The quantitative estimate of drug-likeness (QED) is 0.128. The molecular formula is C31H36O7S. The topological polar surface area (TPSA) is 110 Å². The molecule has 0 saturated carbocycles. The van der Waals surface area contributed by atoms with Gasteiger partial charge < -0.3 is 19.7 Å². The highest BCUT2D eigenvalue weighted by molar-refractivity contribution is 7.08. The van der Waals surface area contributed by atoms with Crippen molar-refractivity contribution in [2.24, 2.45) is 0 Å². The summed E-state index contributed by atoms with van der Waals surface area (Å²) in [5.41, 5.74) is 4.66. The molecule has 1 aromatic heterocycles. The van der Waals surface area contributed by atoms with Crippen LogP contribution >= 0.6 is 11.3 Å². The van der Waals surface area contributed by atoms with Crippen LogP contribution in [0.2, 0.25) is 0 Å². The monoisotopic (exact) mass is 552 g/mol. The Labute approximate surface area is 233 Å². The predicted molar refractivity (Wildman–Crippen MR) is 152 cm³/mol. The molecule has 0 atom stereocenters. The number of carboxylic acids is 2. The third-order valence-electron chi connectivity index (χ3n) is 6.39. The predicted octanol–water partition coefficient (Wildman–Crippen LogP) is 7.06. The molecule has 3 rings (SSSR count). The second-order valence-corrected chi connectivity index (χ2v) is 10.2. The molecule has 2 aromatic carbocycles. The Kier molecular flexibility index (Phi) is 12.0. The second-order valence-electron chi connectivity index (χ2n) is 9.46. The van der Waals surface area contributed by atoms with Gasteiger partial charge in [0.2, 0.25) is 0 Å². The molecule has 0 radical (unpaired) electrons. The lowest BCUT2D eigenvalue weighted by Crippen LogP contribution is -2.07. The average Bonchev–Trinajstić information content (AvgIpc) is 3.45. The van der Waals surface area contributed by atoms with E-state index in [1.807, 2.05) is 41.8 Å². The fourth-order valence-electron chi connectivity index (χ4n) is 4.34. The van der Waals surface area contributed by atoms with Gasteiger partial charge in [0, 0.05) is 18.4 Å². The van der Waals surface area contributed by atoms with E-state index in [1.54, 1.807) is 24.3 Å². The number of unbranched alkanes of at least 4 members (excludes halogenated alkanes) is 3. The van der Waals surface area contributed by atoms with Crippen LogP contribution in [0, 0.1) is 0 Å². The largest absolute Gasteiger partial charge is 0.494 e. The zero-order chi connectivity index (χ0) is 28.0. The second kappa shape index (κ2) is 15.7. The van der Waals surface area contributed by atoms with Gasteiger partial charge in [0.15, 0.2) is 5.78 Å². The minimum Gasteiger partial charge on any atom is -0.494 e. The maximum absolute atomic E-state index is 12.0. The highest BCUT2D eigenvalue weighted by Gasteiger charge is 2.12. The first-order valence-corrected chi connectivity index (χ1v) is 14.3. The van der Waals surface area contributed by atoms with Crippen LogP contribution < -0.4 is 9.47 Å². The number of carboxylic acid groups (broad SMARTS) is 2. The number of carbonyl (C=O) groups excluding carboxylic acids is 1. The van der Waals surface area contributed by atoms with Crippen LogP contribution in [0.5, 0.6) is 11.5 Å². The van der Waals surface area contributed by atoms with E-state index in [0.29, 0.717) is 36.5 Å². The van der Waals surface area contributed by atoms with Gasteiger partial charge in [-0.3, -0.25) is 14.4 Å². The summed E-state index contributed by atoms with van der Waals surface area (Å²) < 4.78 is 11.8. The summed E-state index contributed by atoms with van der Waals surface area (Å²) in [5.74, 6) is -0.377. The zero-order valence-electron chi connectivity index (χ0n) is 22.3. The van der Waals surface area contributed by atoms with Gasteiger partial charge in [-0.05, 0) is 102 Å². The fourth-order valence-corrected chi connectivity index (χ4v) is 5.01. The number of Topliss-reactive ketones (excluding diaryl/α,β-unsaturated/α-hetero) is 1. The molecule has 0 aliphatic rings. The van der Waals surface area contributed by atoms with Gasteiger partial charge in [-0.25, -0.2) is 0 Å². The van der Waals surface area contributed by atoms with Crippen molar-refractivity contribution < 1.29 is 34.1 Å². The molecule has 0 saturated heterocycles.